The molecule has 1 aliphatic heterocycles. The first kappa shape index (κ1) is 17.0. The highest BCUT2D eigenvalue weighted by Crippen LogP contribution is 2.25. The average Bonchev–Trinajstić information content (AvgIpc) is 3.00. The third kappa shape index (κ3) is 3.95. The van der Waals surface area contributed by atoms with Crippen molar-refractivity contribution in [3.8, 4) is 0 Å². The molecule has 0 radical (unpaired) electrons. The lowest BCUT2D eigenvalue weighted by atomic mass is 10.1. The van der Waals surface area contributed by atoms with Crippen molar-refractivity contribution in [2.75, 3.05) is 25.0 Å². The second-order valence-corrected chi connectivity index (χ2v) is 6.34. The van der Waals surface area contributed by atoms with E-state index in [1.807, 2.05) is 31.2 Å². The third-order valence-corrected chi connectivity index (χ3v) is 4.39. The lowest BCUT2D eigenvalue weighted by Crippen LogP contribution is -2.48. The van der Waals surface area contributed by atoms with Crippen LogP contribution >= 0.6 is 11.6 Å². The van der Waals surface area contributed by atoms with Crippen molar-refractivity contribution in [3.63, 3.8) is 0 Å². The van der Waals surface area contributed by atoms with Gasteiger partial charge in [0.2, 0.25) is 11.8 Å². The number of benzene rings is 1. The van der Waals surface area contributed by atoms with Gasteiger partial charge in [0, 0.05) is 24.2 Å². The monoisotopic (exact) mass is 349 g/mol. The number of hydrogen-bond donors (Lipinski definition) is 1. The number of ether oxygens (including phenoxy) is 1. The van der Waals surface area contributed by atoms with Gasteiger partial charge < -0.3 is 9.26 Å². The standard InChI is InChI=1S/C17H20ClN3O3/c1-11-9-16(24-20-11)19-17(22)12(2)21-7-8-23-15(10-21)13-3-5-14(18)6-4-13/h3-6,9,12,15H,7-8,10H2,1-2H3,(H,19,22)/t12-,15-/m1/s1. The molecule has 1 amide bonds. The quantitative estimate of drug-likeness (QED) is 0.918. The number of halogens is 1. The molecule has 1 aromatic carbocycles. The Hall–Kier alpha value is -1.89. The van der Waals surface area contributed by atoms with Gasteiger partial charge in [0.15, 0.2) is 0 Å². The summed E-state index contributed by atoms with van der Waals surface area (Å²) in [6, 6.07) is 9.01. The van der Waals surface area contributed by atoms with Crippen LogP contribution < -0.4 is 5.32 Å². The van der Waals surface area contributed by atoms with E-state index in [9.17, 15) is 4.79 Å². The van der Waals surface area contributed by atoms with Crippen molar-refractivity contribution in [1.29, 1.82) is 0 Å². The highest BCUT2D eigenvalue weighted by Gasteiger charge is 2.29. The average molecular weight is 350 g/mol. The number of aromatic nitrogens is 1. The molecular weight excluding hydrogens is 330 g/mol. The second-order valence-electron chi connectivity index (χ2n) is 5.90. The Kier molecular flexibility index (Phi) is 5.18. The van der Waals surface area contributed by atoms with Gasteiger partial charge in [-0.1, -0.05) is 28.9 Å². The molecule has 7 heteroatoms. The van der Waals surface area contributed by atoms with Gasteiger partial charge in [-0.3, -0.25) is 15.0 Å². The summed E-state index contributed by atoms with van der Waals surface area (Å²) in [4.78, 5) is 14.5. The summed E-state index contributed by atoms with van der Waals surface area (Å²) in [5.41, 5.74) is 1.79. The largest absolute Gasteiger partial charge is 0.371 e. The van der Waals surface area contributed by atoms with E-state index in [1.165, 1.54) is 0 Å². The summed E-state index contributed by atoms with van der Waals surface area (Å²) < 4.78 is 10.9. The number of aryl methyl sites for hydroxylation is 1. The first-order valence-corrected chi connectivity index (χ1v) is 8.26. The first-order chi connectivity index (χ1) is 11.5. The van der Waals surface area contributed by atoms with Gasteiger partial charge in [-0.25, -0.2) is 0 Å². The van der Waals surface area contributed by atoms with E-state index in [0.29, 0.717) is 30.6 Å². The number of carbonyl (C=O) groups excluding carboxylic acids is 1. The Balaban J connectivity index is 1.62. The molecular formula is C17H20ClN3O3. The minimum atomic E-state index is -0.297. The zero-order chi connectivity index (χ0) is 17.1. The topological polar surface area (TPSA) is 67.6 Å². The molecule has 0 aliphatic carbocycles. The van der Waals surface area contributed by atoms with E-state index in [0.717, 1.165) is 11.3 Å². The molecule has 24 heavy (non-hydrogen) atoms. The number of nitrogens with zero attached hydrogens (tertiary/aromatic N) is 2. The molecule has 0 unspecified atom stereocenters. The predicted molar refractivity (Wildman–Crippen MR) is 91.0 cm³/mol. The molecule has 1 aliphatic rings. The molecule has 128 valence electrons. The van der Waals surface area contributed by atoms with Crippen LogP contribution in [0.3, 0.4) is 0 Å². The number of carbonyl (C=O) groups is 1. The van der Waals surface area contributed by atoms with E-state index < -0.39 is 0 Å². The molecule has 2 heterocycles. The van der Waals surface area contributed by atoms with Crippen LogP contribution in [-0.2, 0) is 9.53 Å². The van der Waals surface area contributed by atoms with Gasteiger partial charge >= 0.3 is 0 Å². The van der Waals surface area contributed by atoms with Gasteiger partial charge in [0.05, 0.1) is 24.4 Å². The molecule has 1 saturated heterocycles. The lowest BCUT2D eigenvalue weighted by molar-refractivity contribution is -0.124. The molecule has 1 aromatic heterocycles. The summed E-state index contributed by atoms with van der Waals surface area (Å²) in [6.45, 7) is 5.61. The maximum absolute atomic E-state index is 12.4. The number of morpholine rings is 1. The fraction of sp³-hybridized carbons (Fsp3) is 0.412. The zero-order valence-electron chi connectivity index (χ0n) is 13.7. The molecule has 0 saturated carbocycles. The first-order valence-electron chi connectivity index (χ1n) is 7.88. The van der Waals surface area contributed by atoms with Crippen LogP contribution in [0.1, 0.15) is 24.3 Å². The normalized spacial score (nSPS) is 19.9. The van der Waals surface area contributed by atoms with Crippen molar-refractivity contribution >= 4 is 23.4 Å². The van der Waals surface area contributed by atoms with Crippen molar-refractivity contribution in [2.45, 2.75) is 26.0 Å². The van der Waals surface area contributed by atoms with Crippen molar-refractivity contribution in [3.05, 3.63) is 46.6 Å². The summed E-state index contributed by atoms with van der Waals surface area (Å²) in [7, 11) is 0. The third-order valence-electron chi connectivity index (χ3n) is 4.14. The van der Waals surface area contributed by atoms with Crippen molar-refractivity contribution < 1.29 is 14.1 Å². The van der Waals surface area contributed by atoms with Crippen LogP contribution in [-0.4, -0.2) is 41.7 Å². The van der Waals surface area contributed by atoms with Gasteiger partial charge in [-0.2, -0.15) is 0 Å². The van der Waals surface area contributed by atoms with E-state index in [1.54, 1.807) is 13.0 Å². The van der Waals surface area contributed by atoms with Crippen LogP contribution in [0.2, 0.25) is 5.02 Å². The van der Waals surface area contributed by atoms with Gasteiger partial charge in [0.1, 0.15) is 0 Å². The van der Waals surface area contributed by atoms with Gasteiger partial charge in [-0.15, -0.1) is 0 Å². The van der Waals surface area contributed by atoms with Crippen LogP contribution in [0.25, 0.3) is 0 Å². The fourth-order valence-corrected chi connectivity index (χ4v) is 2.84. The van der Waals surface area contributed by atoms with Crippen LogP contribution in [0.15, 0.2) is 34.9 Å². The minimum absolute atomic E-state index is 0.0706. The van der Waals surface area contributed by atoms with Crippen molar-refractivity contribution in [2.24, 2.45) is 0 Å². The maximum atomic E-state index is 12.4. The number of amides is 1. The zero-order valence-corrected chi connectivity index (χ0v) is 14.4. The summed E-state index contributed by atoms with van der Waals surface area (Å²) in [6.07, 6.45) is -0.0706. The molecule has 0 spiro atoms. The molecule has 2 aromatic rings. The lowest BCUT2D eigenvalue weighted by Gasteiger charge is -2.36. The SMILES string of the molecule is Cc1cc(NC(=O)[C@@H](C)N2CCO[C@@H](c3ccc(Cl)cc3)C2)on1. The summed E-state index contributed by atoms with van der Waals surface area (Å²) in [5.74, 6) is 0.245. The number of hydrogen-bond acceptors (Lipinski definition) is 5. The number of anilines is 1. The molecule has 6 nitrogen and oxygen atoms in total. The van der Waals surface area contributed by atoms with E-state index in [2.05, 4.69) is 15.4 Å². The van der Waals surface area contributed by atoms with E-state index in [-0.39, 0.29) is 18.1 Å². The van der Waals surface area contributed by atoms with Crippen LogP contribution in [0.5, 0.6) is 0 Å². The molecule has 1 N–H and O–H groups in total. The Morgan fingerprint density at radius 2 is 2.17 bits per heavy atom. The Labute approximate surface area is 145 Å². The van der Waals surface area contributed by atoms with Crippen molar-refractivity contribution in [1.82, 2.24) is 10.1 Å². The molecule has 0 bridgehead atoms. The van der Waals surface area contributed by atoms with Gasteiger partial charge in [0.25, 0.3) is 0 Å². The smallest absolute Gasteiger partial charge is 0.243 e. The highest BCUT2D eigenvalue weighted by atomic mass is 35.5. The Bertz CT molecular complexity index is 701. The maximum Gasteiger partial charge on any atom is 0.243 e. The summed E-state index contributed by atoms with van der Waals surface area (Å²) >= 11 is 5.93. The van der Waals surface area contributed by atoms with Crippen LogP contribution in [0.4, 0.5) is 5.88 Å². The van der Waals surface area contributed by atoms with Gasteiger partial charge in [-0.05, 0) is 31.5 Å². The minimum Gasteiger partial charge on any atom is -0.371 e. The second kappa shape index (κ2) is 7.34. The molecule has 3 rings (SSSR count). The fourth-order valence-electron chi connectivity index (χ4n) is 2.71. The Morgan fingerprint density at radius 1 is 1.42 bits per heavy atom. The predicted octanol–water partition coefficient (Wildman–Crippen LogP) is 3.04. The van der Waals surface area contributed by atoms with E-state index in [4.69, 9.17) is 20.9 Å². The molecule has 2 atom stereocenters. The molecule has 1 fully saturated rings. The number of rotatable bonds is 4. The Morgan fingerprint density at radius 3 is 2.83 bits per heavy atom. The van der Waals surface area contributed by atoms with Crippen LogP contribution in [0, 0.1) is 6.92 Å². The number of nitrogens with one attached hydrogen (secondary N) is 1. The highest BCUT2D eigenvalue weighted by molar-refractivity contribution is 6.30. The summed E-state index contributed by atoms with van der Waals surface area (Å²) in [5, 5.41) is 7.22. The van der Waals surface area contributed by atoms with E-state index >= 15 is 0 Å².